The highest BCUT2D eigenvalue weighted by molar-refractivity contribution is 9.11. The van der Waals surface area contributed by atoms with Crippen molar-refractivity contribution >= 4 is 37.4 Å². The quantitative estimate of drug-likeness (QED) is 0.647. The van der Waals surface area contributed by atoms with E-state index in [0.717, 1.165) is 53.2 Å². The first-order chi connectivity index (χ1) is 12.1. The van der Waals surface area contributed by atoms with Crippen molar-refractivity contribution in [2.45, 2.75) is 6.92 Å². The van der Waals surface area contributed by atoms with Gasteiger partial charge < -0.3 is 10.1 Å². The molecule has 0 radical (unpaired) electrons. The Morgan fingerprint density at radius 1 is 1.12 bits per heavy atom. The van der Waals surface area contributed by atoms with Crippen molar-refractivity contribution in [3.05, 3.63) is 63.0 Å². The summed E-state index contributed by atoms with van der Waals surface area (Å²) in [7, 11) is 0. The number of halogens is 2. The summed E-state index contributed by atoms with van der Waals surface area (Å²) in [4.78, 5) is 2.47. The van der Waals surface area contributed by atoms with Crippen LogP contribution in [0.4, 0.5) is 0 Å². The number of hydrogen-bond donors (Lipinski definition) is 1. The van der Waals surface area contributed by atoms with E-state index in [9.17, 15) is 0 Å². The van der Waals surface area contributed by atoms with Gasteiger partial charge in [-0.2, -0.15) is 0 Å². The van der Waals surface area contributed by atoms with Gasteiger partial charge in [0.05, 0.1) is 4.47 Å². The third-order valence-electron chi connectivity index (χ3n) is 4.30. The molecule has 0 amide bonds. The Hall–Kier alpha value is -1.14. The zero-order valence-corrected chi connectivity index (χ0v) is 17.4. The summed E-state index contributed by atoms with van der Waals surface area (Å²) in [5.41, 5.74) is 2.53. The van der Waals surface area contributed by atoms with Crippen LogP contribution in [0.3, 0.4) is 0 Å². The van der Waals surface area contributed by atoms with Gasteiger partial charge in [-0.1, -0.05) is 34.1 Å². The summed E-state index contributed by atoms with van der Waals surface area (Å²) in [6.07, 6.45) is 2.31. The minimum absolute atomic E-state index is 0.807. The number of nitrogens with one attached hydrogen (secondary N) is 1. The molecule has 2 aromatic rings. The third-order valence-corrected chi connectivity index (χ3v) is 5.41. The van der Waals surface area contributed by atoms with Crippen LogP contribution in [0, 0.1) is 0 Å². The molecule has 132 valence electrons. The van der Waals surface area contributed by atoms with E-state index in [1.807, 2.05) is 30.3 Å². The van der Waals surface area contributed by atoms with Crippen LogP contribution in [0.2, 0.25) is 0 Å². The highest BCUT2D eigenvalue weighted by Gasteiger charge is 2.08. The maximum atomic E-state index is 5.95. The van der Waals surface area contributed by atoms with Crippen molar-refractivity contribution in [1.82, 2.24) is 10.2 Å². The Labute approximate surface area is 166 Å². The second kappa shape index (κ2) is 8.99. The molecule has 3 rings (SSSR count). The molecule has 0 aromatic heterocycles. The van der Waals surface area contributed by atoms with E-state index in [1.165, 1.54) is 11.1 Å². The minimum Gasteiger partial charge on any atom is -0.456 e. The van der Waals surface area contributed by atoms with E-state index in [4.69, 9.17) is 4.74 Å². The van der Waals surface area contributed by atoms with Crippen LogP contribution >= 0.6 is 31.9 Å². The first-order valence-electron chi connectivity index (χ1n) is 8.45. The van der Waals surface area contributed by atoms with Gasteiger partial charge in [0.2, 0.25) is 0 Å². The SMILES string of the molecule is CC(=CCN1CCNCC1)c1ccc(Oc2ccc(Br)cc2Br)cc1. The van der Waals surface area contributed by atoms with Gasteiger partial charge in [-0.15, -0.1) is 0 Å². The van der Waals surface area contributed by atoms with E-state index in [2.05, 4.69) is 67.2 Å². The average molecular weight is 466 g/mol. The van der Waals surface area contributed by atoms with Crippen molar-refractivity contribution in [3.8, 4) is 11.5 Å². The predicted octanol–water partition coefficient (Wildman–Crippen LogP) is 5.31. The second-order valence-corrected chi connectivity index (χ2v) is 7.91. The van der Waals surface area contributed by atoms with Gasteiger partial charge in [0.1, 0.15) is 11.5 Å². The summed E-state index contributed by atoms with van der Waals surface area (Å²) in [6, 6.07) is 14.2. The Bertz CT molecular complexity index is 738. The number of ether oxygens (including phenoxy) is 1. The van der Waals surface area contributed by atoms with Crippen LogP contribution in [0.15, 0.2) is 57.5 Å². The van der Waals surface area contributed by atoms with Crippen LogP contribution in [0.5, 0.6) is 11.5 Å². The third kappa shape index (κ3) is 5.42. The highest BCUT2D eigenvalue weighted by Crippen LogP contribution is 2.32. The number of hydrogen-bond acceptors (Lipinski definition) is 3. The fourth-order valence-corrected chi connectivity index (χ4v) is 3.88. The van der Waals surface area contributed by atoms with Crippen LogP contribution in [0.25, 0.3) is 5.57 Å². The van der Waals surface area contributed by atoms with Gasteiger partial charge in [0.25, 0.3) is 0 Å². The van der Waals surface area contributed by atoms with Gasteiger partial charge in [0.15, 0.2) is 0 Å². The molecule has 5 heteroatoms. The second-order valence-electron chi connectivity index (χ2n) is 6.14. The lowest BCUT2D eigenvalue weighted by atomic mass is 10.1. The highest BCUT2D eigenvalue weighted by atomic mass is 79.9. The number of piperazine rings is 1. The molecular formula is C20H22Br2N2O. The van der Waals surface area contributed by atoms with Crippen LogP contribution in [-0.4, -0.2) is 37.6 Å². The lowest BCUT2D eigenvalue weighted by Gasteiger charge is -2.26. The summed E-state index contributed by atoms with van der Waals surface area (Å²) in [5, 5.41) is 3.38. The van der Waals surface area contributed by atoms with Crippen molar-refractivity contribution in [1.29, 1.82) is 0 Å². The zero-order chi connectivity index (χ0) is 17.6. The summed E-state index contributed by atoms with van der Waals surface area (Å²) >= 11 is 6.98. The molecule has 2 aromatic carbocycles. The van der Waals surface area contributed by atoms with E-state index < -0.39 is 0 Å². The Balaban J connectivity index is 1.62. The maximum Gasteiger partial charge on any atom is 0.141 e. The monoisotopic (exact) mass is 464 g/mol. The number of rotatable bonds is 5. The number of allylic oxidation sites excluding steroid dienone is 1. The van der Waals surface area contributed by atoms with Gasteiger partial charge in [-0.3, -0.25) is 4.90 Å². The van der Waals surface area contributed by atoms with E-state index >= 15 is 0 Å². The molecule has 0 spiro atoms. The van der Waals surface area contributed by atoms with Crippen molar-refractivity contribution in [2.24, 2.45) is 0 Å². The molecule has 25 heavy (non-hydrogen) atoms. The van der Waals surface area contributed by atoms with Gasteiger partial charge in [0, 0.05) is 37.2 Å². The van der Waals surface area contributed by atoms with Crippen molar-refractivity contribution in [2.75, 3.05) is 32.7 Å². The zero-order valence-electron chi connectivity index (χ0n) is 14.3. The minimum atomic E-state index is 0.807. The van der Waals surface area contributed by atoms with E-state index in [0.29, 0.717) is 0 Å². The normalized spacial score (nSPS) is 16.0. The summed E-state index contributed by atoms with van der Waals surface area (Å²) in [5.74, 6) is 1.64. The molecule has 1 saturated heterocycles. The van der Waals surface area contributed by atoms with Crippen molar-refractivity contribution < 1.29 is 4.74 Å². The van der Waals surface area contributed by atoms with E-state index in [-0.39, 0.29) is 0 Å². The molecule has 0 bridgehead atoms. The fourth-order valence-electron chi connectivity index (χ4n) is 2.75. The fraction of sp³-hybridized carbons (Fsp3) is 0.300. The molecule has 0 aliphatic carbocycles. The average Bonchev–Trinajstić information content (AvgIpc) is 2.63. The van der Waals surface area contributed by atoms with Crippen LogP contribution in [0.1, 0.15) is 12.5 Å². The molecule has 1 aliphatic rings. The lowest BCUT2D eigenvalue weighted by molar-refractivity contribution is 0.265. The molecular weight excluding hydrogens is 444 g/mol. The Kier molecular flexibility index (Phi) is 6.70. The van der Waals surface area contributed by atoms with Crippen LogP contribution < -0.4 is 10.1 Å². The molecule has 3 nitrogen and oxygen atoms in total. The largest absolute Gasteiger partial charge is 0.456 e. The predicted molar refractivity (Wildman–Crippen MR) is 111 cm³/mol. The molecule has 0 atom stereocenters. The van der Waals surface area contributed by atoms with Crippen LogP contribution in [-0.2, 0) is 0 Å². The number of benzene rings is 2. The Morgan fingerprint density at radius 2 is 1.84 bits per heavy atom. The Morgan fingerprint density at radius 3 is 2.52 bits per heavy atom. The number of nitrogens with zero attached hydrogens (tertiary/aromatic N) is 1. The molecule has 1 aliphatic heterocycles. The first kappa shape index (κ1) is 18.6. The summed E-state index contributed by atoms with van der Waals surface area (Å²) in [6.45, 7) is 7.60. The van der Waals surface area contributed by atoms with Gasteiger partial charge in [-0.25, -0.2) is 0 Å². The molecule has 1 N–H and O–H groups in total. The molecule has 1 fully saturated rings. The smallest absolute Gasteiger partial charge is 0.141 e. The van der Waals surface area contributed by atoms with Gasteiger partial charge >= 0.3 is 0 Å². The summed E-state index contributed by atoms with van der Waals surface area (Å²) < 4.78 is 7.90. The van der Waals surface area contributed by atoms with Gasteiger partial charge in [-0.05, 0) is 64.3 Å². The molecule has 0 saturated carbocycles. The standard InChI is InChI=1S/C20H22Br2N2O/c1-15(8-11-24-12-9-23-10-13-24)16-2-5-18(6-3-16)25-20-7-4-17(21)14-19(20)22/h2-8,14,23H,9-13H2,1H3. The maximum absolute atomic E-state index is 5.95. The van der Waals surface area contributed by atoms with E-state index in [1.54, 1.807) is 0 Å². The first-order valence-corrected chi connectivity index (χ1v) is 10.0. The molecule has 0 unspecified atom stereocenters. The van der Waals surface area contributed by atoms with Crippen molar-refractivity contribution in [3.63, 3.8) is 0 Å². The molecule has 1 heterocycles. The lowest BCUT2D eigenvalue weighted by Crippen LogP contribution is -2.43. The topological polar surface area (TPSA) is 24.5 Å².